The van der Waals surface area contributed by atoms with Crippen LogP contribution in [0.25, 0.3) is 0 Å². The first-order chi connectivity index (χ1) is 9.28. The van der Waals surface area contributed by atoms with Crippen LogP contribution in [0.15, 0.2) is 24.3 Å². The van der Waals surface area contributed by atoms with E-state index in [9.17, 15) is 8.42 Å². The Labute approximate surface area is 126 Å². The second-order valence-electron chi connectivity index (χ2n) is 6.23. The largest absolute Gasteiger partial charge is 0.312 e. The molecule has 2 rings (SSSR count). The van der Waals surface area contributed by atoms with E-state index in [0.29, 0.717) is 5.75 Å². The van der Waals surface area contributed by atoms with E-state index < -0.39 is 9.84 Å². The number of nitrogens with one attached hydrogen (secondary N) is 1. The van der Waals surface area contributed by atoms with Gasteiger partial charge in [-0.25, -0.2) is 8.42 Å². The normalized spacial score (nSPS) is 22.6. The third kappa shape index (κ3) is 4.21. The lowest BCUT2D eigenvalue weighted by atomic mass is 9.84. The molecule has 0 aromatic heterocycles. The average Bonchev–Trinajstić information content (AvgIpc) is 2.35. The molecule has 1 aromatic carbocycles. The molecule has 112 valence electrons. The summed E-state index contributed by atoms with van der Waals surface area (Å²) in [5, 5.41) is 4.15. The van der Waals surface area contributed by atoms with Gasteiger partial charge in [0.15, 0.2) is 9.84 Å². The monoisotopic (exact) mass is 315 g/mol. The van der Waals surface area contributed by atoms with E-state index in [-0.39, 0.29) is 17.2 Å². The van der Waals surface area contributed by atoms with E-state index in [2.05, 4.69) is 25.2 Å². The Morgan fingerprint density at radius 2 is 2.15 bits per heavy atom. The Balaban J connectivity index is 1.99. The highest BCUT2D eigenvalue weighted by Gasteiger charge is 2.27. The molecular formula is C15H22ClNO2S. The lowest BCUT2D eigenvalue weighted by Gasteiger charge is -2.30. The van der Waals surface area contributed by atoms with Crippen LogP contribution in [0.5, 0.6) is 0 Å². The molecule has 3 nitrogen and oxygen atoms in total. The maximum Gasteiger partial charge on any atom is 0.151 e. The van der Waals surface area contributed by atoms with E-state index in [4.69, 9.17) is 11.6 Å². The molecule has 1 saturated heterocycles. The highest BCUT2D eigenvalue weighted by molar-refractivity contribution is 7.91. The van der Waals surface area contributed by atoms with Crippen LogP contribution in [0.4, 0.5) is 0 Å². The third-order valence-electron chi connectivity index (χ3n) is 3.90. The summed E-state index contributed by atoms with van der Waals surface area (Å²) in [6.07, 6.45) is 1.70. The minimum atomic E-state index is -2.85. The summed E-state index contributed by atoms with van der Waals surface area (Å²) in [6.45, 7) is 5.03. The number of benzene rings is 1. The van der Waals surface area contributed by atoms with E-state index in [0.717, 1.165) is 30.0 Å². The fourth-order valence-electron chi connectivity index (χ4n) is 2.59. The van der Waals surface area contributed by atoms with E-state index in [1.165, 1.54) is 0 Å². The van der Waals surface area contributed by atoms with Gasteiger partial charge in [0.1, 0.15) is 0 Å². The van der Waals surface area contributed by atoms with E-state index in [1.54, 1.807) is 0 Å². The van der Waals surface area contributed by atoms with Crippen LogP contribution in [0.2, 0.25) is 5.02 Å². The average molecular weight is 316 g/mol. The number of hydrogen-bond donors (Lipinski definition) is 1. The van der Waals surface area contributed by atoms with Crippen molar-refractivity contribution in [1.29, 1.82) is 0 Å². The van der Waals surface area contributed by atoms with Crippen LogP contribution in [0.1, 0.15) is 32.3 Å². The first-order valence-electron chi connectivity index (χ1n) is 6.98. The SMILES string of the molecule is CC(C)(CNC1CCCS(=O)(=O)C1)c1cccc(Cl)c1. The first kappa shape index (κ1) is 15.8. The van der Waals surface area contributed by atoms with Crippen molar-refractivity contribution in [2.24, 2.45) is 0 Å². The van der Waals surface area contributed by atoms with Gasteiger partial charge in [-0.1, -0.05) is 37.6 Å². The molecule has 0 aliphatic carbocycles. The van der Waals surface area contributed by atoms with Crippen molar-refractivity contribution in [2.45, 2.75) is 38.1 Å². The van der Waals surface area contributed by atoms with Gasteiger partial charge in [0.2, 0.25) is 0 Å². The van der Waals surface area contributed by atoms with Crippen molar-refractivity contribution in [3.8, 4) is 0 Å². The predicted octanol–water partition coefficient (Wildman–Crippen LogP) is 2.78. The van der Waals surface area contributed by atoms with Gasteiger partial charge in [-0.2, -0.15) is 0 Å². The highest BCUT2D eigenvalue weighted by Crippen LogP contribution is 2.25. The summed E-state index contributed by atoms with van der Waals surface area (Å²) in [4.78, 5) is 0. The molecule has 1 atom stereocenters. The lowest BCUT2D eigenvalue weighted by molar-refractivity contribution is 0.408. The van der Waals surface area contributed by atoms with Crippen molar-refractivity contribution in [3.63, 3.8) is 0 Å². The van der Waals surface area contributed by atoms with Gasteiger partial charge < -0.3 is 5.32 Å². The topological polar surface area (TPSA) is 46.2 Å². The Morgan fingerprint density at radius 3 is 2.80 bits per heavy atom. The van der Waals surface area contributed by atoms with Gasteiger partial charge in [0.25, 0.3) is 0 Å². The molecule has 1 aromatic rings. The summed E-state index contributed by atoms with van der Waals surface area (Å²) < 4.78 is 23.3. The number of hydrogen-bond acceptors (Lipinski definition) is 3. The molecule has 0 amide bonds. The van der Waals surface area contributed by atoms with Gasteiger partial charge in [-0.3, -0.25) is 0 Å². The molecule has 1 heterocycles. The number of rotatable bonds is 4. The number of halogens is 1. The predicted molar refractivity (Wildman–Crippen MR) is 84.2 cm³/mol. The number of sulfone groups is 1. The molecular weight excluding hydrogens is 294 g/mol. The minimum absolute atomic E-state index is 0.0761. The maximum absolute atomic E-state index is 11.6. The summed E-state index contributed by atoms with van der Waals surface area (Å²) >= 11 is 6.04. The second kappa shape index (κ2) is 6.04. The molecule has 1 fully saturated rings. The van der Waals surface area contributed by atoms with Crippen LogP contribution in [-0.2, 0) is 15.3 Å². The van der Waals surface area contributed by atoms with Crippen LogP contribution in [0.3, 0.4) is 0 Å². The van der Waals surface area contributed by atoms with E-state index in [1.807, 2.05) is 18.2 Å². The first-order valence-corrected chi connectivity index (χ1v) is 9.18. The molecule has 1 unspecified atom stereocenters. The maximum atomic E-state index is 11.6. The van der Waals surface area contributed by atoms with Gasteiger partial charge in [-0.15, -0.1) is 0 Å². The second-order valence-corrected chi connectivity index (χ2v) is 8.89. The summed E-state index contributed by atoms with van der Waals surface area (Å²) in [5.41, 5.74) is 1.09. The van der Waals surface area contributed by atoms with Gasteiger partial charge in [-0.05, 0) is 30.5 Å². The summed E-state index contributed by atoms with van der Waals surface area (Å²) in [7, 11) is -2.85. The third-order valence-corrected chi connectivity index (χ3v) is 5.96. The van der Waals surface area contributed by atoms with Crippen LogP contribution in [0, 0.1) is 0 Å². The summed E-state index contributed by atoms with van der Waals surface area (Å²) in [5.74, 6) is 0.599. The standard InChI is InChI=1S/C15H22ClNO2S/c1-15(2,12-5-3-6-13(16)9-12)11-17-14-7-4-8-20(18,19)10-14/h3,5-6,9,14,17H,4,7-8,10-11H2,1-2H3. The van der Waals surface area contributed by atoms with Crippen LogP contribution < -0.4 is 5.32 Å². The lowest BCUT2D eigenvalue weighted by Crippen LogP contribution is -2.45. The van der Waals surface area contributed by atoms with Crippen molar-refractivity contribution >= 4 is 21.4 Å². The smallest absolute Gasteiger partial charge is 0.151 e. The van der Waals surface area contributed by atoms with Crippen LogP contribution >= 0.6 is 11.6 Å². The Bertz CT molecular complexity index is 569. The van der Waals surface area contributed by atoms with Crippen molar-refractivity contribution in [2.75, 3.05) is 18.1 Å². The molecule has 1 aliphatic rings. The Hall–Kier alpha value is -0.580. The molecule has 1 aliphatic heterocycles. The fraction of sp³-hybridized carbons (Fsp3) is 0.600. The fourth-order valence-corrected chi connectivity index (χ4v) is 4.46. The summed E-state index contributed by atoms with van der Waals surface area (Å²) in [6, 6.07) is 7.92. The quantitative estimate of drug-likeness (QED) is 0.929. The Kier molecular flexibility index (Phi) is 4.77. The zero-order chi connectivity index (χ0) is 14.8. The van der Waals surface area contributed by atoms with E-state index >= 15 is 0 Å². The molecule has 0 bridgehead atoms. The van der Waals surface area contributed by atoms with Crippen molar-refractivity contribution in [1.82, 2.24) is 5.32 Å². The molecule has 0 spiro atoms. The van der Waals surface area contributed by atoms with Gasteiger partial charge >= 0.3 is 0 Å². The van der Waals surface area contributed by atoms with Gasteiger partial charge in [0.05, 0.1) is 11.5 Å². The zero-order valence-corrected chi connectivity index (χ0v) is 13.6. The van der Waals surface area contributed by atoms with Crippen molar-refractivity contribution in [3.05, 3.63) is 34.9 Å². The zero-order valence-electron chi connectivity index (χ0n) is 12.0. The minimum Gasteiger partial charge on any atom is -0.312 e. The molecule has 20 heavy (non-hydrogen) atoms. The van der Waals surface area contributed by atoms with Gasteiger partial charge in [0, 0.05) is 23.0 Å². The molecule has 0 radical (unpaired) electrons. The van der Waals surface area contributed by atoms with Crippen LogP contribution in [-0.4, -0.2) is 32.5 Å². The highest BCUT2D eigenvalue weighted by atomic mass is 35.5. The molecule has 1 N–H and O–H groups in total. The molecule has 5 heteroatoms. The molecule has 0 saturated carbocycles. The Morgan fingerprint density at radius 1 is 1.40 bits per heavy atom. The van der Waals surface area contributed by atoms with Crippen molar-refractivity contribution < 1.29 is 8.42 Å².